The summed E-state index contributed by atoms with van der Waals surface area (Å²) in [4.78, 5) is 4.66. The Kier molecular flexibility index (Phi) is 4.27. The lowest BCUT2D eigenvalue weighted by Gasteiger charge is -2.12. The third-order valence-corrected chi connectivity index (χ3v) is 5.08. The van der Waals surface area contributed by atoms with E-state index in [1.165, 1.54) is 27.8 Å². The molecule has 1 N–H and O–H groups in total. The first-order chi connectivity index (χ1) is 12.8. The number of nitrogens with zero attached hydrogens (tertiary/aromatic N) is 1. The van der Waals surface area contributed by atoms with E-state index in [0.29, 0.717) is 0 Å². The number of nitrogens with one attached hydrogen (secondary N) is 1. The standard InChI is InChI=1S/C24H22N2/c1-4-9-20-18(5-2)24(25-3)21-12-8-11-19(23(20)21)17-14-16-10-6-7-13-22(16)26-15-17/h4-15,24-25H,1H2,2-3H3/b18-5+,20-9+. The minimum Gasteiger partial charge on any atom is -0.309 e. The van der Waals surface area contributed by atoms with Gasteiger partial charge in [0.25, 0.3) is 0 Å². The molecule has 1 aromatic heterocycles. The van der Waals surface area contributed by atoms with Gasteiger partial charge in [-0.2, -0.15) is 0 Å². The monoisotopic (exact) mass is 338 g/mol. The first-order valence-electron chi connectivity index (χ1n) is 8.93. The van der Waals surface area contributed by atoms with E-state index in [-0.39, 0.29) is 6.04 Å². The Morgan fingerprint density at radius 1 is 1.12 bits per heavy atom. The molecule has 1 aliphatic carbocycles. The maximum atomic E-state index is 4.66. The maximum Gasteiger partial charge on any atom is 0.0702 e. The number of benzene rings is 2. The number of fused-ring (bicyclic) bond motifs is 2. The molecule has 0 bridgehead atoms. The largest absolute Gasteiger partial charge is 0.309 e. The Balaban J connectivity index is 1.99. The molecule has 0 saturated carbocycles. The SMILES string of the molecule is C=C/C=C1\C(=C/C)C(NC)c2cccc(-c3cnc4ccccc4c3)c21. The number of aromatic nitrogens is 1. The van der Waals surface area contributed by atoms with E-state index in [9.17, 15) is 0 Å². The molecule has 1 heterocycles. The van der Waals surface area contributed by atoms with E-state index in [0.717, 1.165) is 16.5 Å². The molecule has 128 valence electrons. The van der Waals surface area contributed by atoms with Gasteiger partial charge >= 0.3 is 0 Å². The highest BCUT2D eigenvalue weighted by atomic mass is 14.9. The van der Waals surface area contributed by atoms with Crippen molar-refractivity contribution in [3.8, 4) is 11.1 Å². The van der Waals surface area contributed by atoms with Crippen LogP contribution in [0.1, 0.15) is 24.1 Å². The molecule has 26 heavy (non-hydrogen) atoms. The van der Waals surface area contributed by atoms with Gasteiger partial charge in [-0.05, 0) is 53.9 Å². The number of pyridine rings is 1. The Hall–Kier alpha value is -2.97. The highest BCUT2D eigenvalue weighted by Crippen LogP contribution is 2.48. The van der Waals surface area contributed by atoms with Gasteiger partial charge in [0.15, 0.2) is 0 Å². The highest BCUT2D eigenvalue weighted by Gasteiger charge is 2.31. The Morgan fingerprint density at radius 2 is 1.96 bits per heavy atom. The first-order valence-corrected chi connectivity index (χ1v) is 8.93. The minimum atomic E-state index is 0.203. The lowest BCUT2D eigenvalue weighted by atomic mass is 9.94. The number of likely N-dealkylation sites (N-methyl/N-ethyl adjacent to an activating group) is 1. The second kappa shape index (κ2) is 6.74. The smallest absolute Gasteiger partial charge is 0.0702 e. The van der Waals surface area contributed by atoms with Crippen LogP contribution >= 0.6 is 0 Å². The fraction of sp³-hybridized carbons (Fsp3) is 0.125. The quantitative estimate of drug-likeness (QED) is 0.663. The van der Waals surface area contributed by atoms with Gasteiger partial charge in [0, 0.05) is 17.1 Å². The van der Waals surface area contributed by atoms with E-state index >= 15 is 0 Å². The molecule has 4 rings (SSSR count). The van der Waals surface area contributed by atoms with Gasteiger partial charge in [-0.15, -0.1) is 0 Å². The molecular weight excluding hydrogens is 316 g/mol. The van der Waals surface area contributed by atoms with Gasteiger partial charge in [-0.25, -0.2) is 0 Å². The predicted octanol–water partition coefficient (Wildman–Crippen LogP) is 5.69. The van der Waals surface area contributed by atoms with Crippen LogP contribution in [0.5, 0.6) is 0 Å². The molecule has 0 amide bonds. The summed E-state index contributed by atoms with van der Waals surface area (Å²) >= 11 is 0. The number of para-hydroxylation sites is 1. The van der Waals surface area contributed by atoms with Crippen molar-refractivity contribution >= 4 is 16.5 Å². The molecule has 0 saturated heterocycles. The van der Waals surface area contributed by atoms with Crippen molar-refractivity contribution in [3.05, 3.63) is 96.2 Å². The van der Waals surface area contributed by atoms with Gasteiger partial charge in [0.2, 0.25) is 0 Å². The summed E-state index contributed by atoms with van der Waals surface area (Å²) < 4.78 is 0. The lowest BCUT2D eigenvalue weighted by molar-refractivity contribution is 0.707. The predicted molar refractivity (Wildman–Crippen MR) is 111 cm³/mol. The normalized spacial score (nSPS) is 19.2. The third kappa shape index (κ3) is 2.51. The van der Waals surface area contributed by atoms with Gasteiger partial charge in [0.05, 0.1) is 11.6 Å². The summed E-state index contributed by atoms with van der Waals surface area (Å²) in [5, 5.41) is 4.62. The van der Waals surface area contributed by atoms with Crippen molar-refractivity contribution in [2.45, 2.75) is 13.0 Å². The lowest BCUT2D eigenvalue weighted by Crippen LogP contribution is -2.14. The van der Waals surface area contributed by atoms with Crippen LogP contribution in [0.4, 0.5) is 0 Å². The van der Waals surface area contributed by atoms with E-state index < -0.39 is 0 Å². The van der Waals surface area contributed by atoms with Crippen LogP contribution in [0.25, 0.3) is 27.6 Å². The van der Waals surface area contributed by atoms with E-state index in [1.807, 2.05) is 31.5 Å². The summed E-state index contributed by atoms with van der Waals surface area (Å²) in [5.41, 5.74) is 8.49. The molecule has 2 nitrogen and oxygen atoms in total. The van der Waals surface area contributed by atoms with Crippen LogP contribution in [-0.2, 0) is 0 Å². The molecule has 2 heteroatoms. The van der Waals surface area contributed by atoms with Gasteiger partial charge in [-0.1, -0.05) is 61.2 Å². The summed E-state index contributed by atoms with van der Waals surface area (Å²) in [6.45, 7) is 6.02. The van der Waals surface area contributed by atoms with Crippen LogP contribution in [0, 0.1) is 0 Å². The average Bonchev–Trinajstić information content (AvgIpc) is 3.00. The Labute approximate surface area is 154 Å². The zero-order valence-corrected chi connectivity index (χ0v) is 15.2. The van der Waals surface area contributed by atoms with Crippen LogP contribution in [0.15, 0.2) is 85.1 Å². The number of hydrogen-bond acceptors (Lipinski definition) is 2. The van der Waals surface area contributed by atoms with E-state index in [4.69, 9.17) is 0 Å². The fourth-order valence-corrected chi connectivity index (χ4v) is 3.97. The van der Waals surface area contributed by atoms with E-state index in [2.05, 4.69) is 72.4 Å². The summed E-state index contributed by atoms with van der Waals surface area (Å²) in [5.74, 6) is 0. The van der Waals surface area contributed by atoms with E-state index in [1.54, 1.807) is 0 Å². The molecule has 1 aliphatic rings. The van der Waals surface area contributed by atoms with Crippen molar-refractivity contribution < 1.29 is 0 Å². The molecule has 3 aromatic rings. The summed E-state index contributed by atoms with van der Waals surface area (Å²) in [7, 11) is 2.01. The minimum absolute atomic E-state index is 0.203. The number of hydrogen-bond donors (Lipinski definition) is 1. The molecule has 0 fully saturated rings. The van der Waals surface area contributed by atoms with Crippen LogP contribution < -0.4 is 5.32 Å². The average molecular weight is 338 g/mol. The second-order valence-electron chi connectivity index (χ2n) is 6.47. The van der Waals surface area contributed by atoms with Gasteiger partial charge in [-0.3, -0.25) is 4.98 Å². The number of rotatable bonds is 3. The van der Waals surface area contributed by atoms with Crippen LogP contribution in [0.3, 0.4) is 0 Å². The van der Waals surface area contributed by atoms with Gasteiger partial charge < -0.3 is 5.32 Å². The van der Waals surface area contributed by atoms with Crippen LogP contribution in [0.2, 0.25) is 0 Å². The molecule has 1 unspecified atom stereocenters. The van der Waals surface area contributed by atoms with Crippen molar-refractivity contribution in [2.75, 3.05) is 7.05 Å². The van der Waals surface area contributed by atoms with Crippen molar-refractivity contribution in [1.82, 2.24) is 10.3 Å². The fourth-order valence-electron chi connectivity index (χ4n) is 3.97. The maximum absolute atomic E-state index is 4.66. The Bertz CT molecular complexity index is 1060. The second-order valence-corrected chi connectivity index (χ2v) is 6.47. The van der Waals surface area contributed by atoms with Gasteiger partial charge in [0.1, 0.15) is 0 Å². The summed E-state index contributed by atoms with van der Waals surface area (Å²) in [6.07, 6.45) is 8.16. The molecule has 0 spiro atoms. The molecule has 2 aromatic carbocycles. The zero-order valence-electron chi connectivity index (χ0n) is 15.2. The molecule has 1 atom stereocenters. The van der Waals surface area contributed by atoms with Crippen molar-refractivity contribution in [2.24, 2.45) is 0 Å². The third-order valence-electron chi connectivity index (χ3n) is 5.08. The molecular formula is C24H22N2. The van der Waals surface area contributed by atoms with Crippen molar-refractivity contribution in [3.63, 3.8) is 0 Å². The number of allylic oxidation sites excluding steroid dienone is 3. The van der Waals surface area contributed by atoms with Crippen LogP contribution in [-0.4, -0.2) is 12.0 Å². The Morgan fingerprint density at radius 3 is 2.73 bits per heavy atom. The highest BCUT2D eigenvalue weighted by molar-refractivity contribution is 5.96. The first kappa shape index (κ1) is 16.5. The molecule has 0 aliphatic heterocycles. The molecule has 0 radical (unpaired) electrons. The topological polar surface area (TPSA) is 24.9 Å². The van der Waals surface area contributed by atoms with Crippen molar-refractivity contribution in [1.29, 1.82) is 0 Å². The summed E-state index contributed by atoms with van der Waals surface area (Å²) in [6, 6.07) is 17.2. The zero-order chi connectivity index (χ0) is 18.1.